The highest BCUT2D eigenvalue weighted by Crippen LogP contribution is 2.33. The monoisotopic (exact) mass is 295 g/mol. The van der Waals surface area contributed by atoms with E-state index < -0.39 is 5.54 Å². The van der Waals surface area contributed by atoms with E-state index in [1.807, 2.05) is 13.8 Å². The van der Waals surface area contributed by atoms with Gasteiger partial charge in [0.1, 0.15) is 0 Å². The normalized spacial score (nSPS) is 27.9. The first-order valence-corrected chi connectivity index (χ1v) is 8.40. The molecule has 2 atom stereocenters. The number of carbonyl (C=O) groups excluding carboxylic acids is 1. The summed E-state index contributed by atoms with van der Waals surface area (Å²) in [5.41, 5.74) is -0.383. The lowest BCUT2D eigenvalue weighted by molar-refractivity contribution is -0.127. The summed E-state index contributed by atoms with van der Waals surface area (Å²) in [6.45, 7) is 14.5. The van der Waals surface area contributed by atoms with Gasteiger partial charge in [0.25, 0.3) is 0 Å². The maximum Gasteiger partial charge on any atom is 0.239 e. The fourth-order valence-corrected chi connectivity index (χ4v) is 3.22. The van der Waals surface area contributed by atoms with Crippen molar-refractivity contribution in [2.45, 2.75) is 84.5 Å². The lowest BCUT2D eigenvalue weighted by Crippen LogP contribution is -2.57. The second kappa shape index (κ2) is 5.88. The Morgan fingerprint density at radius 3 is 2.33 bits per heavy atom. The third-order valence-electron chi connectivity index (χ3n) is 4.55. The molecule has 2 fully saturated rings. The first-order valence-electron chi connectivity index (χ1n) is 8.40. The van der Waals surface area contributed by atoms with Crippen LogP contribution < -0.4 is 10.6 Å². The van der Waals surface area contributed by atoms with Crippen molar-refractivity contribution in [1.29, 1.82) is 0 Å². The predicted octanol–water partition coefficient (Wildman–Crippen LogP) is 2.14. The number of hydrogen-bond donors (Lipinski definition) is 2. The van der Waals surface area contributed by atoms with E-state index in [2.05, 4.69) is 43.2 Å². The van der Waals surface area contributed by atoms with E-state index in [1.165, 1.54) is 12.8 Å². The summed E-state index contributed by atoms with van der Waals surface area (Å²) in [5, 5.41) is 6.66. The van der Waals surface area contributed by atoms with Crippen LogP contribution in [0.3, 0.4) is 0 Å². The van der Waals surface area contributed by atoms with Crippen molar-refractivity contribution in [2.24, 2.45) is 5.41 Å². The molecule has 1 aliphatic carbocycles. The Morgan fingerprint density at radius 2 is 1.81 bits per heavy atom. The Kier molecular flexibility index (Phi) is 4.69. The second-order valence-electron chi connectivity index (χ2n) is 8.72. The third kappa shape index (κ3) is 4.68. The fourth-order valence-electron chi connectivity index (χ4n) is 3.22. The van der Waals surface area contributed by atoms with Crippen LogP contribution in [0.15, 0.2) is 0 Å². The van der Waals surface area contributed by atoms with Gasteiger partial charge in [0.05, 0.1) is 5.54 Å². The molecule has 4 heteroatoms. The highest BCUT2D eigenvalue weighted by atomic mass is 16.2. The number of rotatable bonds is 5. The van der Waals surface area contributed by atoms with Crippen molar-refractivity contribution in [3.8, 4) is 0 Å². The van der Waals surface area contributed by atoms with Crippen LogP contribution in [0, 0.1) is 5.41 Å². The zero-order valence-electron chi connectivity index (χ0n) is 14.6. The van der Waals surface area contributed by atoms with Crippen LogP contribution in [0.1, 0.15) is 60.8 Å². The van der Waals surface area contributed by atoms with Crippen LogP contribution in [-0.2, 0) is 4.79 Å². The summed E-state index contributed by atoms with van der Waals surface area (Å²) in [5.74, 6) is 0.106. The average molecular weight is 295 g/mol. The van der Waals surface area contributed by atoms with Gasteiger partial charge in [-0.2, -0.15) is 0 Å². The summed E-state index contributed by atoms with van der Waals surface area (Å²) in [6, 6.07) is 1.88. The van der Waals surface area contributed by atoms with Gasteiger partial charge < -0.3 is 5.32 Å². The van der Waals surface area contributed by atoms with Crippen LogP contribution in [0.2, 0.25) is 0 Å². The molecule has 0 aromatic carbocycles. The van der Waals surface area contributed by atoms with E-state index in [0.717, 1.165) is 19.0 Å². The van der Waals surface area contributed by atoms with Gasteiger partial charge in [-0.3, -0.25) is 15.0 Å². The fraction of sp³-hybridized carbons (Fsp3) is 0.941. The number of carbonyl (C=O) groups is 1. The van der Waals surface area contributed by atoms with E-state index >= 15 is 0 Å². The van der Waals surface area contributed by atoms with Crippen molar-refractivity contribution in [1.82, 2.24) is 15.5 Å². The number of likely N-dealkylation sites (tertiary alicyclic amines) is 1. The molecule has 2 aliphatic rings. The number of amides is 1. The van der Waals surface area contributed by atoms with Gasteiger partial charge in [0.15, 0.2) is 0 Å². The minimum absolute atomic E-state index is 0.106. The second-order valence-corrected chi connectivity index (χ2v) is 8.72. The zero-order valence-corrected chi connectivity index (χ0v) is 14.6. The maximum absolute atomic E-state index is 12.4. The van der Waals surface area contributed by atoms with E-state index in [0.29, 0.717) is 18.6 Å². The first kappa shape index (κ1) is 16.8. The quantitative estimate of drug-likeness (QED) is 0.817. The summed E-state index contributed by atoms with van der Waals surface area (Å²) < 4.78 is 0. The Labute approximate surface area is 130 Å². The van der Waals surface area contributed by atoms with Crippen molar-refractivity contribution in [3.63, 3.8) is 0 Å². The van der Waals surface area contributed by atoms with Gasteiger partial charge in [0.2, 0.25) is 5.91 Å². The molecular formula is C17H33N3O. The molecule has 0 aromatic heterocycles. The maximum atomic E-state index is 12.4. The van der Waals surface area contributed by atoms with Crippen LogP contribution in [0.5, 0.6) is 0 Å². The molecule has 2 N–H and O–H groups in total. The Bertz CT molecular complexity index is 382. The van der Waals surface area contributed by atoms with Crippen LogP contribution in [-0.4, -0.2) is 47.6 Å². The molecule has 122 valence electrons. The molecule has 0 unspecified atom stereocenters. The molecule has 1 aliphatic heterocycles. The Hall–Kier alpha value is -0.610. The summed E-state index contributed by atoms with van der Waals surface area (Å²) >= 11 is 0. The van der Waals surface area contributed by atoms with Crippen molar-refractivity contribution >= 4 is 5.91 Å². The zero-order chi connectivity index (χ0) is 15.8. The third-order valence-corrected chi connectivity index (χ3v) is 4.55. The minimum atomic E-state index is -0.505. The molecule has 1 heterocycles. The van der Waals surface area contributed by atoms with Crippen molar-refractivity contribution in [2.75, 3.05) is 13.1 Å². The molecule has 21 heavy (non-hydrogen) atoms. The van der Waals surface area contributed by atoms with E-state index in [-0.39, 0.29) is 11.3 Å². The van der Waals surface area contributed by atoms with Gasteiger partial charge in [-0.05, 0) is 45.4 Å². The summed E-state index contributed by atoms with van der Waals surface area (Å²) in [4.78, 5) is 15.0. The molecule has 2 rings (SSSR count). The van der Waals surface area contributed by atoms with Gasteiger partial charge in [-0.1, -0.05) is 20.8 Å². The Balaban J connectivity index is 1.84. The first-order chi connectivity index (χ1) is 9.58. The van der Waals surface area contributed by atoms with Crippen molar-refractivity contribution in [3.05, 3.63) is 0 Å². The van der Waals surface area contributed by atoms with E-state index in [1.54, 1.807) is 0 Å². The minimum Gasteiger partial charge on any atom is -0.354 e. The number of nitrogens with one attached hydrogen (secondary N) is 2. The highest BCUT2D eigenvalue weighted by Gasteiger charge is 2.41. The molecule has 0 radical (unpaired) electrons. The van der Waals surface area contributed by atoms with Gasteiger partial charge >= 0.3 is 0 Å². The summed E-state index contributed by atoms with van der Waals surface area (Å²) in [7, 11) is 0. The molecule has 1 saturated heterocycles. The molecule has 0 bridgehead atoms. The topological polar surface area (TPSA) is 44.4 Å². The molecule has 4 nitrogen and oxygen atoms in total. The average Bonchev–Trinajstić information content (AvgIpc) is 3.10. The standard InChI is InChI=1S/C17H33N3O/c1-12-9-13(10-20(12)14-7-8-14)19-17(5,6)15(21)18-11-16(2,3)4/h12-14,19H,7-11H2,1-6H3,(H,18,21)/t12-,13-/m0/s1. The SMILES string of the molecule is C[C@H]1C[C@H](NC(C)(C)C(=O)NCC(C)(C)C)CN1C1CC1. The molecule has 0 spiro atoms. The van der Waals surface area contributed by atoms with Gasteiger partial charge in [-0.25, -0.2) is 0 Å². The number of nitrogens with zero attached hydrogens (tertiary/aromatic N) is 1. The lowest BCUT2D eigenvalue weighted by Gasteiger charge is -2.30. The van der Waals surface area contributed by atoms with Crippen molar-refractivity contribution < 1.29 is 4.79 Å². The van der Waals surface area contributed by atoms with E-state index in [4.69, 9.17) is 0 Å². The lowest BCUT2D eigenvalue weighted by atomic mass is 9.95. The van der Waals surface area contributed by atoms with Crippen LogP contribution in [0.25, 0.3) is 0 Å². The molecule has 1 saturated carbocycles. The molecule has 1 amide bonds. The summed E-state index contributed by atoms with van der Waals surface area (Å²) in [6.07, 6.45) is 3.85. The van der Waals surface area contributed by atoms with Crippen LogP contribution >= 0.6 is 0 Å². The largest absolute Gasteiger partial charge is 0.354 e. The highest BCUT2D eigenvalue weighted by molar-refractivity contribution is 5.85. The smallest absolute Gasteiger partial charge is 0.239 e. The Morgan fingerprint density at radius 1 is 1.19 bits per heavy atom. The molecular weight excluding hydrogens is 262 g/mol. The van der Waals surface area contributed by atoms with Crippen LogP contribution in [0.4, 0.5) is 0 Å². The number of hydrogen-bond acceptors (Lipinski definition) is 3. The predicted molar refractivity (Wildman–Crippen MR) is 87.3 cm³/mol. The van der Waals surface area contributed by atoms with Gasteiger partial charge in [-0.15, -0.1) is 0 Å². The van der Waals surface area contributed by atoms with E-state index in [9.17, 15) is 4.79 Å². The van der Waals surface area contributed by atoms with Gasteiger partial charge in [0, 0.05) is 31.2 Å². The molecule has 0 aromatic rings.